The molecule has 0 saturated heterocycles. The van der Waals surface area contributed by atoms with Gasteiger partial charge in [-0.2, -0.15) is 15.0 Å². The second kappa shape index (κ2) is 8.08. The lowest BCUT2D eigenvalue weighted by molar-refractivity contribution is 0.0464. The third-order valence-corrected chi connectivity index (χ3v) is 4.50. The van der Waals surface area contributed by atoms with Crippen molar-refractivity contribution in [3.8, 4) is 5.75 Å². The number of esters is 1. The largest absolute Gasteiger partial charge is 0.495 e. The van der Waals surface area contributed by atoms with Gasteiger partial charge in [0.05, 0.1) is 18.4 Å². The summed E-state index contributed by atoms with van der Waals surface area (Å²) in [5, 5.41) is 3.86. The maximum Gasteiger partial charge on any atom is 0.340 e. The van der Waals surface area contributed by atoms with Gasteiger partial charge in [0.1, 0.15) is 5.75 Å². The monoisotopic (exact) mass is 404 g/mol. The maximum absolute atomic E-state index is 12.6. The van der Waals surface area contributed by atoms with E-state index in [1.54, 1.807) is 19.4 Å². The summed E-state index contributed by atoms with van der Waals surface area (Å²) in [6.07, 6.45) is 1.74. The Morgan fingerprint density at radius 2 is 1.87 bits per heavy atom. The molecule has 0 unspecified atom stereocenters. The Hall–Kier alpha value is -4.14. The van der Waals surface area contributed by atoms with Gasteiger partial charge in [0.2, 0.25) is 11.9 Å². The average Bonchev–Trinajstić information content (AvgIpc) is 3.09. The zero-order valence-electron chi connectivity index (χ0n) is 16.5. The number of carbonyl (C=O) groups excluding carboxylic acids is 1. The van der Waals surface area contributed by atoms with Gasteiger partial charge >= 0.3 is 5.97 Å². The number of fused-ring (bicyclic) bond motifs is 1. The van der Waals surface area contributed by atoms with Crippen LogP contribution in [-0.4, -0.2) is 32.6 Å². The van der Waals surface area contributed by atoms with E-state index in [1.807, 2.05) is 54.1 Å². The number of aromatic nitrogens is 4. The van der Waals surface area contributed by atoms with Crippen molar-refractivity contribution in [3.05, 3.63) is 66.1 Å². The summed E-state index contributed by atoms with van der Waals surface area (Å²) in [5.74, 6) is 0.626. The smallest absolute Gasteiger partial charge is 0.340 e. The Balaban J connectivity index is 1.51. The van der Waals surface area contributed by atoms with Crippen LogP contribution in [0.3, 0.4) is 0 Å². The molecule has 9 nitrogen and oxygen atoms in total. The molecule has 0 fully saturated rings. The Labute approximate surface area is 172 Å². The van der Waals surface area contributed by atoms with Crippen LogP contribution in [0.1, 0.15) is 16.2 Å². The molecule has 0 spiro atoms. The van der Waals surface area contributed by atoms with Crippen LogP contribution in [0, 0.1) is 0 Å². The van der Waals surface area contributed by atoms with E-state index in [0.29, 0.717) is 17.0 Å². The van der Waals surface area contributed by atoms with E-state index in [-0.39, 0.29) is 24.3 Å². The summed E-state index contributed by atoms with van der Waals surface area (Å²) in [5.41, 5.74) is 7.89. The molecule has 3 N–H and O–H groups in total. The fourth-order valence-electron chi connectivity index (χ4n) is 3.14. The molecule has 0 saturated carbocycles. The number of hydrogen-bond donors (Lipinski definition) is 2. The Kier molecular flexibility index (Phi) is 5.17. The standard InChI is InChI=1S/C21H20N6O3/c1-27-11-14(13-7-3-5-9-16(13)27)19(28)30-12-18-24-20(22)26-21(25-18)23-15-8-4-6-10-17(15)29-2/h3-11H,12H2,1-2H3,(H3,22,23,24,25,26). The SMILES string of the molecule is COc1ccccc1Nc1nc(N)nc(COC(=O)c2cn(C)c3ccccc23)n1. The van der Waals surface area contributed by atoms with Crippen molar-refractivity contribution in [1.29, 1.82) is 0 Å². The number of nitrogens with one attached hydrogen (secondary N) is 1. The Morgan fingerprint density at radius 1 is 1.10 bits per heavy atom. The van der Waals surface area contributed by atoms with E-state index >= 15 is 0 Å². The summed E-state index contributed by atoms with van der Waals surface area (Å²) in [6.45, 7) is -0.143. The number of methoxy groups -OCH3 is 1. The Morgan fingerprint density at radius 3 is 2.70 bits per heavy atom. The summed E-state index contributed by atoms with van der Waals surface area (Å²) in [4.78, 5) is 25.0. The first-order valence-electron chi connectivity index (χ1n) is 9.17. The van der Waals surface area contributed by atoms with Gasteiger partial charge < -0.3 is 25.1 Å². The van der Waals surface area contributed by atoms with Crippen molar-refractivity contribution in [2.75, 3.05) is 18.2 Å². The molecule has 0 aliphatic rings. The van der Waals surface area contributed by atoms with Crippen LogP contribution in [0.5, 0.6) is 5.75 Å². The number of rotatable bonds is 6. The van der Waals surface area contributed by atoms with Crippen molar-refractivity contribution in [2.45, 2.75) is 6.61 Å². The normalized spacial score (nSPS) is 10.7. The van der Waals surface area contributed by atoms with Crippen LogP contribution in [0.2, 0.25) is 0 Å². The van der Waals surface area contributed by atoms with E-state index in [1.165, 1.54) is 0 Å². The molecule has 0 aliphatic carbocycles. The lowest BCUT2D eigenvalue weighted by atomic mass is 10.2. The second-order valence-electron chi connectivity index (χ2n) is 6.51. The Bertz CT molecular complexity index is 1220. The molecule has 2 aromatic carbocycles. The first-order valence-corrected chi connectivity index (χ1v) is 9.17. The molecule has 2 heterocycles. The molecule has 0 bridgehead atoms. The molecule has 0 atom stereocenters. The second-order valence-corrected chi connectivity index (χ2v) is 6.51. The van der Waals surface area contributed by atoms with E-state index in [2.05, 4.69) is 20.3 Å². The van der Waals surface area contributed by atoms with Crippen LogP contribution in [0.4, 0.5) is 17.6 Å². The fraction of sp³-hybridized carbons (Fsp3) is 0.143. The van der Waals surface area contributed by atoms with Crippen LogP contribution in [0.25, 0.3) is 10.9 Å². The molecular weight excluding hydrogens is 384 g/mol. The molecule has 0 aliphatic heterocycles. The maximum atomic E-state index is 12.6. The molecule has 2 aromatic heterocycles. The van der Waals surface area contributed by atoms with Crippen LogP contribution in [0.15, 0.2) is 54.7 Å². The quantitative estimate of drug-likeness (QED) is 0.471. The number of ether oxygens (including phenoxy) is 2. The van der Waals surface area contributed by atoms with Gasteiger partial charge in [-0.05, 0) is 18.2 Å². The summed E-state index contributed by atoms with van der Waals surface area (Å²) < 4.78 is 12.6. The third kappa shape index (κ3) is 3.86. The molecule has 4 rings (SSSR count). The van der Waals surface area contributed by atoms with Gasteiger partial charge in [0.15, 0.2) is 12.4 Å². The van der Waals surface area contributed by atoms with Gasteiger partial charge in [-0.3, -0.25) is 0 Å². The molecule has 9 heteroatoms. The molecule has 0 amide bonds. The average molecular weight is 404 g/mol. The van der Waals surface area contributed by atoms with Crippen LogP contribution < -0.4 is 15.8 Å². The lowest BCUT2D eigenvalue weighted by Crippen LogP contribution is -2.11. The van der Waals surface area contributed by atoms with Crippen LogP contribution >= 0.6 is 0 Å². The zero-order chi connectivity index (χ0) is 21.1. The number of nitrogen functional groups attached to an aromatic ring is 1. The van der Waals surface area contributed by atoms with Gasteiger partial charge in [0, 0.05) is 24.1 Å². The highest BCUT2D eigenvalue weighted by Gasteiger charge is 2.16. The van der Waals surface area contributed by atoms with Crippen molar-refractivity contribution in [3.63, 3.8) is 0 Å². The van der Waals surface area contributed by atoms with Crippen molar-refractivity contribution in [1.82, 2.24) is 19.5 Å². The number of anilines is 3. The minimum Gasteiger partial charge on any atom is -0.495 e. The summed E-state index contributed by atoms with van der Waals surface area (Å²) >= 11 is 0. The van der Waals surface area contributed by atoms with Crippen LogP contribution in [-0.2, 0) is 18.4 Å². The lowest BCUT2D eigenvalue weighted by Gasteiger charge is -2.10. The molecule has 152 valence electrons. The highest BCUT2D eigenvalue weighted by atomic mass is 16.5. The first-order chi connectivity index (χ1) is 14.5. The molecule has 30 heavy (non-hydrogen) atoms. The first kappa shape index (κ1) is 19.2. The highest BCUT2D eigenvalue weighted by Crippen LogP contribution is 2.26. The number of hydrogen-bond acceptors (Lipinski definition) is 8. The number of benzene rings is 2. The minimum atomic E-state index is -0.468. The minimum absolute atomic E-state index is 0.0126. The predicted molar refractivity (Wildman–Crippen MR) is 113 cm³/mol. The highest BCUT2D eigenvalue weighted by molar-refractivity contribution is 6.04. The van der Waals surface area contributed by atoms with E-state index < -0.39 is 5.97 Å². The van der Waals surface area contributed by atoms with Gasteiger partial charge in [-0.15, -0.1) is 0 Å². The third-order valence-electron chi connectivity index (χ3n) is 4.50. The summed E-state index contributed by atoms with van der Waals surface area (Å²) in [7, 11) is 3.45. The van der Waals surface area contributed by atoms with E-state index in [4.69, 9.17) is 15.2 Å². The molecule has 0 radical (unpaired) electrons. The van der Waals surface area contributed by atoms with Gasteiger partial charge in [-0.1, -0.05) is 30.3 Å². The zero-order valence-corrected chi connectivity index (χ0v) is 16.5. The molecule has 4 aromatic rings. The van der Waals surface area contributed by atoms with Crippen molar-refractivity contribution >= 4 is 34.5 Å². The number of nitrogens with two attached hydrogens (primary N) is 1. The number of carbonyl (C=O) groups is 1. The topological polar surface area (TPSA) is 117 Å². The predicted octanol–water partition coefficient (Wildman–Crippen LogP) is 3.05. The van der Waals surface area contributed by atoms with Gasteiger partial charge in [0.25, 0.3) is 0 Å². The fourth-order valence-corrected chi connectivity index (χ4v) is 3.14. The number of nitrogens with zero attached hydrogens (tertiary/aromatic N) is 4. The number of aryl methyl sites for hydroxylation is 1. The van der Waals surface area contributed by atoms with E-state index in [0.717, 1.165) is 10.9 Å². The number of para-hydroxylation sites is 3. The van der Waals surface area contributed by atoms with Gasteiger partial charge in [-0.25, -0.2) is 4.79 Å². The van der Waals surface area contributed by atoms with Crippen molar-refractivity contribution < 1.29 is 14.3 Å². The van der Waals surface area contributed by atoms with Crippen molar-refractivity contribution in [2.24, 2.45) is 7.05 Å². The molecular formula is C21H20N6O3. The van der Waals surface area contributed by atoms with E-state index in [9.17, 15) is 4.79 Å². The summed E-state index contributed by atoms with van der Waals surface area (Å²) in [6, 6.07) is 14.9.